The van der Waals surface area contributed by atoms with Crippen LogP contribution in [0, 0.1) is 0 Å². The van der Waals surface area contributed by atoms with Crippen LogP contribution < -0.4 is 15.4 Å². The first-order chi connectivity index (χ1) is 15.0. The van der Waals surface area contributed by atoms with Crippen LogP contribution in [0.2, 0.25) is 0 Å². The number of hydrogen-bond donors (Lipinski definition) is 2. The molecule has 1 heterocycles. The van der Waals surface area contributed by atoms with Gasteiger partial charge in [0.15, 0.2) is 11.0 Å². The highest BCUT2D eigenvalue weighted by atomic mass is 32.2. The summed E-state index contributed by atoms with van der Waals surface area (Å²) >= 11 is 1.28. The second kappa shape index (κ2) is 9.22. The van der Waals surface area contributed by atoms with Crippen LogP contribution in [-0.4, -0.2) is 45.5 Å². The van der Waals surface area contributed by atoms with Crippen LogP contribution in [0.4, 0.5) is 5.69 Å². The SMILES string of the molecule is COc1cccc(-c2nnc(SCC(=O)Nc3ccccc3C(=O)NC3CC3)n2C)c1. The van der Waals surface area contributed by atoms with Gasteiger partial charge in [-0.3, -0.25) is 9.59 Å². The lowest BCUT2D eigenvalue weighted by atomic mass is 10.1. The van der Waals surface area contributed by atoms with Gasteiger partial charge >= 0.3 is 0 Å². The monoisotopic (exact) mass is 437 g/mol. The van der Waals surface area contributed by atoms with Gasteiger partial charge in [-0.15, -0.1) is 10.2 Å². The van der Waals surface area contributed by atoms with E-state index in [4.69, 9.17) is 4.74 Å². The third-order valence-electron chi connectivity index (χ3n) is 4.85. The summed E-state index contributed by atoms with van der Waals surface area (Å²) < 4.78 is 7.10. The van der Waals surface area contributed by atoms with E-state index in [2.05, 4.69) is 20.8 Å². The molecule has 2 aromatic carbocycles. The zero-order valence-electron chi connectivity index (χ0n) is 17.3. The maximum absolute atomic E-state index is 12.5. The fourth-order valence-electron chi connectivity index (χ4n) is 3.05. The number of methoxy groups -OCH3 is 1. The maximum Gasteiger partial charge on any atom is 0.253 e. The molecule has 2 amide bonds. The molecule has 31 heavy (non-hydrogen) atoms. The average molecular weight is 438 g/mol. The van der Waals surface area contributed by atoms with Gasteiger partial charge in [-0.1, -0.05) is 36.0 Å². The van der Waals surface area contributed by atoms with Gasteiger partial charge in [0.05, 0.1) is 24.1 Å². The Labute approximate surface area is 184 Å². The number of para-hydroxylation sites is 1. The summed E-state index contributed by atoms with van der Waals surface area (Å²) in [5.74, 6) is 1.18. The Morgan fingerprint density at radius 1 is 1.16 bits per heavy atom. The number of hydrogen-bond acceptors (Lipinski definition) is 6. The Hall–Kier alpha value is -3.33. The normalized spacial score (nSPS) is 13.0. The lowest BCUT2D eigenvalue weighted by Crippen LogP contribution is -2.27. The van der Waals surface area contributed by atoms with Crippen molar-refractivity contribution in [2.75, 3.05) is 18.2 Å². The minimum Gasteiger partial charge on any atom is -0.497 e. The molecule has 0 saturated heterocycles. The molecule has 0 bridgehead atoms. The average Bonchev–Trinajstić information content (AvgIpc) is 3.52. The molecule has 0 spiro atoms. The number of thioether (sulfide) groups is 1. The highest BCUT2D eigenvalue weighted by Crippen LogP contribution is 2.26. The van der Waals surface area contributed by atoms with Gasteiger partial charge in [0.25, 0.3) is 5.91 Å². The zero-order chi connectivity index (χ0) is 21.8. The Balaban J connectivity index is 1.40. The van der Waals surface area contributed by atoms with Gasteiger partial charge in [-0.05, 0) is 37.1 Å². The third-order valence-corrected chi connectivity index (χ3v) is 5.87. The minimum absolute atomic E-state index is 0.142. The minimum atomic E-state index is -0.220. The van der Waals surface area contributed by atoms with Crippen molar-refractivity contribution in [1.82, 2.24) is 20.1 Å². The van der Waals surface area contributed by atoms with E-state index in [0.29, 0.717) is 22.2 Å². The van der Waals surface area contributed by atoms with Crippen LogP contribution in [0.3, 0.4) is 0 Å². The largest absolute Gasteiger partial charge is 0.497 e. The van der Waals surface area contributed by atoms with E-state index in [0.717, 1.165) is 24.2 Å². The van der Waals surface area contributed by atoms with Gasteiger partial charge < -0.3 is 19.9 Å². The molecular formula is C22H23N5O3S. The van der Waals surface area contributed by atoms with Crippen molar-refractivity contribution in [2.24, 2.45) is 7.05 Å². The van der Waals surface area contributed by atoms with Crippen molar-refractivity contribution in [1.29, 1.82) is 0 Å². The molecule has 1 aliphatic carbocycles. The highest BCUT2D eigenvalue weighted by molar-refractivity contribution is 7.99. The Morgan fingerprint density at radius 2 is 1.97 bits per heavy atom. The molecule has 3 aromatic rings. The highest BCUT2D eigenvalue weighted by Gasteiger charge is 2.25. The number of rotatable bonds is 8. The number of anilines is 1. The van der Waals surface area contributed by atoms with Crippen molar-refractivity contribution in [2.45, 2.75) is 24.0 Å². The standard InChI is InChI=1S/C22H23N5O3S/c1-27-20(14-6-5-7-16(12-14)30-2)25-26-22(27)31-13-19(28)24-18-9-4-3-8-17(18)21(29)23-15-10-11-15/h3-9,12,15H,10-11,13H2,1-2H3,(H,23,29)(H,24,28). The molecule has 8 nitrogen and oxygen atoms in total. The van der Waals surface area contributed by atoms with Crippen LogP contribution >= 0.6 is 11.8 Å². The van der Waals surface area contributed by atoms with Gasteiger partial charge in [-0.25, -0.2) is 0 Å². The molecule has 1 aromatic heterocycles. The maximum atomic E-state index is 12.5. The summed E-state index contributed by atoms with van der Waals surface area (Å²) in [4.78, 5) is 24.9. The van der Waals surface area contributed by atoms with Crippen molar-refractivity contribution in [3.8, 4) is 17.1 Å². The topological polar surface area (TPSA) is 98.1 Å². The van der Waals surface area contributed by atoms with E-state index < -0.39 is 0 Å². The molecule has 9 heteroatoms. The van der Waals surface area contributed by atoms with Crippen LogP contribution in [-0.2, 0) is 11.8 Å². The van der Waals surface area contributed by atoms with Crippen molar-refractivity contribution >= 4 is 29.3 Å². The van der Waals surface area contributed by atoms with Crippen LogP contribution in [0.5, 0.6) is 5.75 Å². The summed E-state index contributed by atoms with van der Waals surface area (Å²) in [5, 5.41) is 14.9. The van der Waals surface area contributed by atoms with Gasteiger partial charge in [0.1, 0.15) is 5.75 Å². The van der Waals surface area contributed by atoms with E-state index in [1.807, 2.05) is 35.9 Å². The second-order valence-corrected chi connectivity index (χ2v) is 8.17. The third kappa shape index (κ3) is 5.05. The Morgan fingerprint density at radius 3 is 2.74 bits per heavy atom. The Kier molecular flexibility index (Phi) is 6.22. The van der Waals surface area contributed by atoms with E-state index in [9.17, 15) is 9.59 Å². The summed E-state index contributed by atoms with van der Waals surface area (Å²) in [6.45, 7) is 0. The van der Waals surface area contributed by atoms with E-state index in [-0.39, 0.29) is 23.6 Å². The molecule has 2 N–H and O–H groups in total. The summed E-state index contributed by atoms with van der Waals surface area (Å²) in [7, 11) is 3.47. The first-order valence-corrected chi connectivity index (χ1v) is 10.9. The lowest BCUT2D eigenvalue weighted by molar-refractivity contribution is -0.113. The summed E-state index contributed by atoms with van der Waals surface area (Å²) in [5.41, 5.74) is 1.84. The van der Waals surface area contributed by atoms with E-state index >= 15 is 0 Å². The molecular weight excluding hydrogens is 414 g/mol. The summed E-state index contributed by atoms with van der Waals surface area (Å²) in [6.07, 6.45) is 2.01. The number of ether oxygens (including phenoxy) is 1. The number of carbonyl (C=O) groups is 2. The van der Waals surface area contributed by atoms with Gasteiger partial charge in [-0.2, -0.15) is 0 Å². The molecule has 0 aliphatic heterocycles. The number of aromatic nitrogens is 3. The lowest BCUT2D eigenvalue weighted by Gasteiger charge is -2.11. The molecule has 1 aliphatic rings. The number of amides is 2. The number of nitrogens with one attached hydrogen (secondary N) is 2. The van der Waals surface area contributed by atoms with Gasteiger partial charge in [0, 0.05) is 18.7 Å². The van der Waals surface area contributed by atoms with E-state index in [1.165, 1.54) is 11.8 Å². The predicted molar refractivity (Wildman–Crippen MR) is 119 cm³/mol. The van der Waals surface area contributed by atoms with E-state index in [1.54, 1.807) is 31.4 Å². The molecule has 160 valence electrons. The fourth-order valence-corrected chi connectivity index (χ4v) is 3.76. The first kappa shape index (κ1) is 20.9. The molecule has 0 unspecified atom stereocenters. The van der Waals surface area contributed by atoms with Gasteiger partial charge in [0.2, 0.25) is 5.91 Å². The van der Waals surface area contributed by atoms with Crippen molar-refractivity contribution < 1.29 is 14.3 Å². The number of nitrogens with zero attached hydrogens (tertiary/aromatic N) is 3. The van der Waals surface area contributed by atoms with Crippen molar-refractivity contribution in [3.63, 3.8) is 0 Å². The molecule has 1 fully saturated rings. The quantitative estimate of drug-likeness (QED) is 0.526. The first-order valence-electron chi connectivity index (χ1n) is 9.91. The molecule has 4 rings (SSSR count). The molecule has 0 atom stereocenters. The second-order valence-electron chi connectivity index (χ2n) is 7.23. The predicted octanol–water partition coefficient (Wildman–Crippen LogP) is 3.11. The number of carbonyl (C=O) groups excluding carboxylic acids is 2. The zero-order valence-corrected chi connectivity index (χ0v) is 18.1. The molecule has 0 radical (unpaired) electrons. The number of benzene rings is 2. The van der Waals surface area contributed by atoms with Crippen LogP contribution in [0.15, 0.2) is 53.7 Å². The molecule has 1 saturated carbocycles. The van der Waals surface area contributed by atoms with Crippen LogP contribution in [0.1, 0.15) is 23.2 Å². The van der Waals surface area contributed by atoms with Crippen molar-refractivity contribution in [3.05, 3.63) is 54.1 Å². The summed E-state index contributed by atoms with van der Waals surface area (Å²) in [6, 6.07) is 14.8. The fraction of sp³-hybridized carbons (Fsp3) is 0.273. The smallest absolute Gasteiger partial charge is 0.253 e. The van der Waals surface area contributed by atoms with Crippen LogP contribution in [0.25, 0.3) is 11.4 Å². The Bertz CT molecular complexity index is 1110.